The van der Waals surface area contributed by atoms with Crippen LogP contribution in [0.4, 0.5) is 4.39 Å². The Morgan fingerprint density at radius 2 is 1.63 bits per heavy atom. The lowest BCUT2D eigenvalue weighted by Gasteiger charge is -2.38. The molecule has 0 fully saturated rings. The molecule has 2 rings (SSSR count). The average molecular weight is 371 g/mol. The fourth-order valence-corrected chi connectivity index (χ4v) is 3.32. The van der Waals surface area contributed by atoms with E-state index >= 15 is 0 Å². The molecular formula is C22H26FNO3. The van der Waals surface area contributed by atoms with Crippen molar-refractivity contribution >= 4 is 11.8 Å². The lowest BCUT2D eigenvalue weighted by molar-refractivity contribution is -0.138. The highest BCUT2D eigenvalue weighted by Gasteiger charge is 2.39. The molecule has 0 aliphatic heterocycles. The molecule has 0 aliphatic rings. The van der Waals surface area contributed by atoms with Crippen molar-refractivity contribution in [1.29, 1.82) is 0 Å². The van der Waals surface area contributed by atoms with Gasteiger partial charge in [0.1, 0.15) is 5.82 Å². The van der Waals surface area contributed by atoms with Crippen molar-refractivity contribution in [3.8, 4) is 0 Å². The molecule has 2 aromatic carbocycles. The van der Waals surface area contributed by atoms with Crippen LogP contribution in [0.25, 0.3) is 0 Å². The summed E-state index contributed by atoms with van der Waals surface area (Å²) < 4.78 is 13.2. The van der Waals surface area contributed by atoms with Crippen LogP contribution < -0.4 is 0 Å². The van der Waals surface area contributed by atoms with Gasteiger partial charge in [-0.3, -0.25) is 14.5 Å². The van der Waals surface area contributed by atoms with Crippen molar-refractivity contribution in [3.63, 3.8) is 0 Å². The largest absolute Gasteiger partial charge is 0.481 e. The molecule has 2 unspecified atom stereocenters. The number of carbonyl (C=O) groups is 2. The van der Waals surface area contributed by atoms with Crippen LogP contribution in [0.1, 0.15) is 47.7 Å². The Morgan fingerprint density at radius 3 is 2.07 bits per heavy atom. The Balaban J connectivity index is 2.35. The second-order valence-corrected chi connectivity index (χ2v) is 7.09. The maximum absolute atomic E-state index is 13.3. The zero-order valence-corrected chi connectivity index (χ0v) is 16.2. The summed E-state index contributed by atoms with van der Waals surface area (Å²) in [6.07, 6.45) is 1.07. The molecule has 0 saturated heterocycles. The molecule has 0 heterocycles. The first kappa shape index (κ1) is 20.8. The van der Waals surface area contributed by atoms with Gasteiger partial charge in [-0.2, -0.15) is 0 Å². The van der Waals surface area contributed by atoms with Gasteiger partial charge in [0.15, 0.2) is 5.78 Å². The van der Waals surface area contributed by atoms with Crippen molar-refractivity contribution in [3.05, 3.63) is 71.0 Å². The minimum atomic E-state index is -0.870. The zero-order chi connectivity index (χ0) is 20.2. The maximum Gasteiger partial charge on any atom is 0.310 e. The second kappa shape index (κ2) is 8.44. The van der Waals surface area contributed by atoms with E-state index in [4.69, 9.17) is 5.11 Å². The number of halogens is 1. The van der Waals surface area contributed by atoms with Crippen LogP contribution in [0.15, 0.2) is 48.5 Å². The summed E-state index contributed by atoms with van der Waals surface area (Å²) in [5.41, 5.74) is 1.38. The summed E-state index contributed by atoms with van der Waals surface area (Å²) in [6.45, 7) is 3.61. The van der Waals surface area contributed by atoms with Crippen LogP contribution in [0.5, 0.6) is 0 Å². The van der Waals surface area contributed by atoms with Gasteiger partial charge in [0.25, 0.3) is 0 Å². The van der Waals surface area contributed by atoms with Gasteiger partial charge in [-0.25, -0.2) is 4.39 Å². The monoisotopic (exact) mass is 371 g/mol. The topological polar surface area (TPSA) is 57.6 Å². The van der Waals surface area contributed by atoms with E-state index in [1.807, 2.05) is 38.1 Å². The quantitative estimate of drug-likeness (QED) is 0.708. The molecule has 5 heteroatoms. The molecule has 0 bridgehead atoms. The third-order valence-electron chi connectivity index (χ3n) is 5.32. The fourth-order valence-electron chi connectivity index (χ4n) is 3.32. The summed E-state index contributed by atoms with van der Waals surface area (Å²) in [5.74, 6) is -1.88. The van der Waals surface area contributed by atoms with E-state index in [1.165, 1.54) is 24.3 Å². The molecule has 0 amide bonds. The van der Waals surface area contributed by atoms with Crippen molar-refractivity contribution < 1.29 is 19.1 Å². The number of hydrogen-bond acceptors (Lipinski definition) is 3. The van der Waals surface area contributed by atoms with Crippen LogP contribution in [0.3, 0.4) is 0 Å². The number of nitrogens with zero attached hydrogens (tertiary/aromatic N) is 1. The van der Waals surface area contributed by atoms with Gasteiger partial charge in [0.05, 0.1) is 11.5 Å². The van der Waals surface area contributed by atoms with Gasteiger partial charge in [0.2, 0.25) is 0 Å². The number of carboxylic acids is 1. The van der Waals surface area contributed by atoms with Crippen molar-refractivity contribution in [2.24, 2.45) is 0 Å². The smallest absolute Gasteiger partial charge is 0.310 e. The summed E-state index contributed by atoms with van der Waals surface area (Å²) in [4.78, 5) is 26.3. The first-order valence-electron chi connectivity index (χ1n) is 9.00. The van der Waals surface area contributed by atoms with Crippen LogP contribution in [-0.2, 0) is 11.2 Å². The van der Waals surface area contributed by atoms with E-state index in [-0.39, 0.29) is 11.6 Å². The van der Waals surface area contributed by atoms with Gasteiger partial charge in [-0.1, -0.05) is 31.2 Å². The number of carbonyl (C=O) groups excluding carboxylic acids is 1. The van der Waals surface area contributed by atoms with E-state index in [1.54, 1.807) is 19.1 Å². The van der Waals surface area contributed by atoms with Gasteiger partial charge >= 0.3 is 5.97 Å². The summed E-state index contributed by atoms with van der Waals surface area (Å²) in [6, 6.07) is 13.0. The second-order valence-electron chi connectivity index (χ2n) is 7.09. The molecule has 0 saturated carbocycles. The molecule has 1 N–H and O–H groups in total. The Bertz CT molecular complexity index is 799. The number of ketones is 1. The molecule has 0 radical (unpaired) electrons. The minimum absolute atomic E-state index is 0.0574. The van der Waals surface area contributed by atoms with E-state index in [9.17, 15) is 14.0 Å². The molecule has 0 spiro atoms. The number of carboxylic acid groups (broad SMARTS) is 1. The summed E-state index contributed by atoms with van der Waals surface area (Å²) in [7, 11) is 3.73. The summed E-state index contributed by atoms with van der Waals surface area (Å²) >= 11 is 0. The average Bonchev–Trinajstić information content (AvgIpc) is 2.65. The van der Waals surface area contributed by atoms with Crippen molar-refractivity contribution in [2.75, 3.05) is 14.1 Å². The molecule has 0 aliphatic carbocycles. The molecular weight excluding hydrogens is 345 g/mol. The molecule has 4 nitrogen and oxygen atoms in total. The number of rotatable bonds is 8. The van der Waals surface area contributed by atoms with Gasteiger partial charge in [-0.15, -0.1) is 0 Å². The predicted molar refractivity (Wildman–Crippen MR) is 104 cm³/mol. The fraction of sp³-hybridized carbons (Fsp3) is 0.364. The van der Waals surface area contributed by atoms with Crippen LogP contribution in [0.2, 0.25) is 0 Å². The highest BCUT2D eigenvalue weighted by Crippen LogP contribution is 2.28. The minimum Gasteiger partial charge on any atom is -0.481 e. The van der Waals surface area contributed by atoms with Crippen molar-refractivity contribution in [2.45, 2.75) is 38.1 Å². The van der Waals surface area contributed by atoms with Gasteiger partial charge in [0, 0.05) is 5.56 Å². The first-order valence-corrected chi connectivity index (χ1v) is 9.00. The van der Waals surface area contributed by atoms with Crippen LogP contribution >= 0.6 is 0 Å². The number of likely N-dealkylation sites (N-methyl/N-ethyl adjacent to an activating group) is 1. The highest BCUT2D eigenvalue weighted by atomic mass is 19.1. The Morgan fingerprint density at radius 1 is 1.07 bits per heavy atom. The van der Waals surface area contributed by atoms with Crippen molar-refractivity contribution in [1.82, 2.24) is 4.90 Å². The SMILES string of the molecule is CCC(Cc1ccc(C(C)C(=O)O)cc1)(C(=O)c1ccc(F)cc1)N(C)C. The normalized spacial score (nSPS) is 14.6. The van der Waals surface area contributed by atoms with Gasteiger partial charge in [-0.05, 0) is 69.3 Å². The molecule has 144 valence electrons. The van der Waals surface area contributed by atoms with Gasteiger partial charge < -0.3 is 5.11 Å². The lowest BCUT2D eigenvalue weighted by Crippen LogP contribution is -2.52. The van der Waals surface area contributed by atoms with Crippen LogP contribution in [-0.4, -0.2) is 41.4 Å². The zero-order valence-electron chi connectivity index (χ0n) is 16.2. The van der Waals surface area contributed by atoms with E-state index in [0.29, 0.717) is 18.4 Å². The number of benzene rings is 2. The van der Waals surface area contributed by atoms with E-state index in [2.05, 4.69) is 0 Å². The Kier molecular flexibility index (Phi) is 6.50. The Labute approximate surface area is 159 Å². The molecule has 2 atom stereocenters. The van der Waals surface area contributed by atoms with E-state index < -0.39 is 17.4 Å². The molecule has 0 aromatic heterocycles. The molecule has 2 aromatic rings. The highest BCUT2D eigenvalue weighted by molar-refractivity contribution is 6.03. The third-order valence-corrected chi connectivity index (χ3v) is 5.32. The predicted octanol–water partition coefficient (Wildman–Crippen LogP) is 4.15. The number of aliphatic carboxylic acids is 1. The summed E-state index contributed by atoms with van der Waals surface area (Å²) in [5, 5.41) is 9.14. The number of hydrogen-bond donors (Lipinski definition) is 1. The van der Waals surface area contributed by atoms with E-state index in [0.717, 1.165) is 11.1 Å². The van der Waals surface area contributed by atoms with Crippen LogP contribution in [0, 0.1) is 5.82 Å². The Hall–Kier alpha value is -2.53. The lowest BCUT2D eigenvalue weighted by atomic mass is 9.80. The molecule has 27 heavy (non-hydrogen) atoms. The number of Topliss-reactive ketones (excluding diaryl/α,β-unsaturated/α-hetero) is 1. The first-order chi connectivity index (χ1) is 12.7. The standard InChI is InChI=1S/C22H26FNO3/c1-5-22(24(3)4,20(25)18-10-12-19(23)13-11-18)14-16-6-8-17(9-7-16)15(2)21(26)27/h6-13,15H,5,14H2,1-4H3,(H,26,27). The third kappa shape index (κ3) is 4.42. The maximum atomic E-state index is 13.3.